The number of halogens is 1. The molecule has 0 heterocycles. The van der Waals surface area contributed by atoms with Crippen molar-refractivity contribution in [2.75, 3.05) is 18.9 Å². The molecule has 2 rings (SSSR count). The van der Waals surface area contributed by atoms with Gasteiger partial charge in [-0.1, -0.05) is 59.5 Å². The van der Waals surface area contributed by atoms with Gasteiger partial charge in [0.25, 0.3) is 6.02 Å². The van der Waals surface area contributed by atoms with Gasteiger partial charge in [-0.15, -0.1) is 0 Å². The van der Waals surface area contributed by atoms with Gasteiger partial charge in [-0.25, -0.2) is 4.99 Å². The standard InChI is InChI=1S/C26H39BrN2O2/c1-6-7-8-10-20-16-23(30)25(22-15-19(4)11-12-21(22)18(2)3)24(17-20)31-26(28-5)29-14-9-13-27/h15-17,21-22,30H,2,6-14H2,1,3-5H3,(H,28,29)/t21-,22+/m0/s1. The van der Waals surface area contributed by atoms with Gasteiger partial charge in [-0.2, -0.15) is 0 Å². The molecule has 1 aromatic rings. The molecular formula is C26H39BrN2O2. The summed E-state index contributed by atoms with van der Waals surface area (Å²) in [7, 11) is 1.72. The molecule has 2 atom stereocenters. The SMILES string of the molecule is C=C(C)[C@@H]1CCC(C)=C[C@H]1c1c(O)cc(CCCCC)cc1O/C(=N\C)NCCCBr. The fraction of sp³-hybridized carbons (Fsp3) is 0.577. The zero-order valence-corrected chi connectivity index (χ0v) is 21.2. The number of unbranched alkanes of at least 4 members (excludes halogenated alkanes) is 2. The molecule has 5 heteroatoms. The summed E-state index contributed by atoms with van der Waals surface area (Å²) in [6.45, 7) is 11.5. The Morgan fingerprint density at radius 2 is 2.10 bits per heavy atom. The van der Waals surface area contributed by atoms with Crippen LogP contribution in [0.15, 0.2) is 40.9 Å². The fourth-order valence-electron chi connectivity index (χ4n) is 4.24. The minimum absolute atomic E-state index is 0.0478. The van der Waals surface area contributed by atoms with Crippen molar-refractivity contribution in [1.82, 2.24) is 5.32 Å². The number of alkyl halides is 1. The quantitative estimate of drug-likeness (QED) is 0.123. The lowest BCUT2D eigenvalue weighted by Gasteiger charge is -2.32. The predicted molar refractivity (Wildman–Crippen MR) is 136 cm³/mol. The van der Waals surface area contributed by atoms with Crippen molar-refractivity contribution in [1.29, 1.82) is 0 Å². The second-order valence-corrected chi connectivity index (χ2v) is 9.41. The average molecular weight is 492 g/mol. The number of phenols is 1. The number of amidine groups is 1. The van der Waals surface area contributed by atoms with Gasteiger partial charge in [0.2, 0.25) is 0 Å². The third-order valence-corrected chi connectivity index (χ3v) is 6.52. The molecule has 1 aromatic carbocycles. The summed E-state index contributed by atoms with van der Waals surface area (Å²) >= 11 is 3.46. The Bertz CT molecular complexity index is 801. The van der Waals surface area contributed by atoms with E-state index in [1.165, 1.54) is 18.4 Å². The summed E-state index contributed by atoms with van der Waals surface area (Å²) in [5, 5.41) is 15.3. The Balaban J connectivity index is 2.47. The summed E-state index contributed by atoms with van der Waals surface area (Å²) in [4.78, 5) is 4.30. The minimum atomic E-state index is 0.0478. The van der Waals surface area contributed by atoms with E-state index in [1.807, 2.05) is 6.07 Å². The maximum absolute atomic E-state index is 11.2. The Labute approximate surface area is 197 Å². The Kier molecular flexibility index (Phi) is 10.7. The van der Waals surface area contributed by atoms with Crippen molar-refractivity contribution in [3.8, 4) is 11.5 Å². The van der Waals surface area contributed by atoms with Crippen LogP contribution in [0, 0.1) is 5.92 Å². The molecule has 0 radical (unpaired) electrons. The number of aryl methyl sites for hydroxylation is 1. The van der Waals surface area contributed by atoms with Gasteiger partial charge >= 0.3 is 0 Å². The lowest BCUT2D eigenvalue weighted by molar-refractivity contribution is 0.418. The van der Waals surface area contributed by atoms with Crippen LogP contribution in [0.5, 0.6) is 11.5 Å². The summed E-state index contributed by atoms with van der Waals surface area (Å²) in [6, 6.07) is 4.50. The minimum Gasteiger partial charge on any atom is -0.507 e. The molecular weight excluding hydrogens is 452 g/mol. The number of hydrogen-bond donors (Lipinski definition) is 2. The van der Waals surface area contributed by atoms with Crippen LogP contribution in [-0.2, 0) is 6.42 Å². The molecule has 1 aliphatic carbocycles. The van der Waals surface area contributed by atoms with Crippen LogP contribution in [0.25, 0.3) is 0 Å². The number of phenolic OH excluding ortho intramolecular Hbond substituents is 1. The van der Waals surface area contributed by atoms with Gasteiger partial charge in [-0.05, 0) is 69.6 Å². The van der Waals surface area contributed by atoms with Gasteiger partial charge < -0.3 is 15.2 Å². The average Bonchev–Trinajstić information content (AvgIpc) is 2.73. The van der Waals surface area contributed by atoms with E-state index < -0.39 is 0 Å². The summed E-state index contributed by atoms with van der Waals surface area (Å²) < 4.78 is 6.29. The highest BCUT2D eigenvalue weighted by atomic mass is 79.9. The molecule has 2 N–H and O–H groups in total. The number of ether oxygens (including phenoxy) is 1. The number of hydrogen-bond acceptors (Lipinski definition) is 3. The van der Waals surface area contributed by atoms with E-state index in [0.717, 1.165) is 60.7 Å². The monoisotopic (exact) mass is 490 g/mol. The zero-order chi connectivity index (χ0) is 22.8. The summed E-state index contributed by atoms with van der Waals surface area (Å²) in [6.07, 6.45) is 9.73. The lowest BCUT2D eigenvalue weighted by Crippen LogP contribution is -2.30. The van der Waals surface area contributed by atoms with Crippen molar-refractivity contribution < 1.29 is 9.84 Å². The lowest BCUT2D eigenvalue weighted by atomic mass is 9.73. The second-order valence-electron chi connectivity index (χ2n) is 8.61. The number of aliphatic imine (C=N–C) groups is 1. The van der Waals surface area contributed by atoms with Crippen molar-refractivity contribution in [2.45, 2.75) is 71.6 Å². The molecule has 0 aromatic heterocycles. The second kappa shape index (κ2) is 12.9. The number of nitrogens with zero attached hydrogens (tertiary/aromatic N) is 1. The highest BCUT2D eigenvalue weighted by Gasteiger charge is 2.31. The molecule has 172 valence electrons. The normalized spacial score (nSPS) is 19.1. The third kappa shape index (κ3) is 7.41. The molecule has 0 aliphatic heterocycles. The maximum atomic E-state index is 11.2. The molecule has 0 unspecified atom stereocenters. The van der Waals surface area contributed by atoms with E-state index in [4.69, 9.17) is 4.74 Å². The van der Waals surface area contributed by atoms with Crippen LogP contribution in [-0.4, -0.2) is 30.1 Å². The third-order valence-electron chi connectivity index (χ3n) is 5.96. The summed E-state index contributed by atoms with van der Waals surface area (Å²) in [5.41, 5.74) is 4.43. The molecule has 0 saturated heterocycles. The van der Waals surface area contributed by atoms with Crippen molar-refractivity contribution >= 4 is 22.0 Å². The van der Waals surface area contributed by atoms with E-state index >= 15 is 0 Å². The Hall–Kier alpha value is -1.75. The van der Waals surface area contributed by atoms with Gasteiger partial charge in [-0.3, -0.25) is 0 Å². The molecule has 0 bridgehead atoms. The maximum Gasteiger partial charge on any atom is 0.289 e. The van der Waals surface area contributed by atoms with E-state index in [1.54, 1.807) is 7.05 Å². The smallest absolute Gasteiger partial charge is 0.289 e. The first-order chi connectivity index (χ1) is 14.9. The van der Waals surface area contributed by atoms with Gasteiger partial charge in [0.05, 0.1) is 0 Å². The van der Waals surface area contributed by atoms with Gasteiger partial charge in [0.1, 0.15) is 11.5 Å². The number of allylic oxidation sites excluding steroid dienone is 3. The van der Waals surface area contributed by atoms with Gasteiger partial charge in [0, 0.05) is 30.4 Å². The molecule has 0 spiro atoms. The first kappa shape index (κ1) is 25.5. The topological polar surface area (TPSA) is 53.9 Å². The van der Waals surface area contributed by atoms with E-state index in [-0.39, 0.29) is 11.8 Å². The molecule has 0 fully saturated rings. The Morgan fingerprint density at radius 1 is 1.32 bits per heavy atom. The first-order valence-corrected chi connectivity index (χ1v) is 12.7. The van der Waals surface area contributed by atoms with Crippen molar-refractivity contribution in [3.63, 3.8) is 0 Å². The molecule has 0 saturated carbocycles. The number of benzene rings is 1. The van der Waals surface area contributed by atoms with E-state index in [9.17, 15) is 5.11 Å². The van der Waals surface area contributed by atoms with Crippen LogP contribution in [0.3, 0.4) is 0 Å². The highest BCUT2D eigenvalue weighted by molar-refractivity contribution is 9.09. The zero-order valence-electron chi connectivity index (χ0n) is 19.6. The van der Waals surface area contributed by atoms with Crippen molar-refractivity contribution in [3.05, 3.63) is 47.1 Å². The fourth-order valence-corrected chi connectivity index (χ4v) is 4.52. The largest absolute Gasteiger partial charge is 0.507 e. The molecule has 31 heavy (non-hydrogen) atoms. The van der Waals surface area contributed by atoms with Crippen molar-refractivity contribution in [2.24, 2.45) is 10.9 Å². The molecule has 4 nitrogen and oxygen atoms in total. The summed E-state index contributed by atoms with van der Waals surface area (Å²) in [5.74, 6) is 1.33. The van der Waals surface area contributed by atoms with Crippen LogP contribution < -0.4 is 10.1 Å². The predicted octanol–water partition coefficient (Wildman–Crippen LogP) is 6.88. The number of rotatable bonds is 10. The van der Waals surface area contributed by atoms with E-state index in [2.05, 4.69) is 65.7 Å². The van der Waals surface area contributed by atoms with E-state index in [0.29, 0.717) is 17.5 Å². The number of nitrogens with one attached hydrogen (secondary N) is 1. The first-order valence-electron chi connectivity index (χ1n) is 11.5. The van der Waals surface area contributed by atoms with Crippen LogP contribution in [0.4, 0.5) is 0 Å². The number of aromatic hydroxyl groups is 1. The van der Waals surface area contributed by atoms with Crippen LogP contribution >= 0.6 is 15.9 Å². The van der Waals surface area contributed by atoms with Gasteiger partial charge in [0.15, 0.2) is 0 Å². The molecule has 1 aliphatic rings. The van der Waals surface area contributed by atoms with Crippen LogP contribution in [0.2, 0.25) is 0 Å². The highest BCUT2D eigenvalue weighted by Crippen LogP contribution is 2.47. The molecule has 0 amide bonds. The van der Waals surface area contributed by atoms with Crippen LogP contribution in [0.1, 0.15) is 76.3 Å². The Morgan fingerprint density at radius 3 is 2.74 bits per heavy atom.